The van der Waals surface area contributed by atoms with E-state index in [0.717, 1.165) is 0 Å². The van der Waals surface area contributed by atoms with Gasteiger partial charge in [0.25, 0.3) is 0 Å². The maximum absolute atomic E-state index is 11.9. The highest BCUT2D eigenvalue weighted by Gasteiger charge is 2.30. The SMILES string of the molecule is CN1CNc2cccc(Br)c2S1(=O)=O. The van der Waals surface area contributed by atoms with E-state index >= 15 is 0 Å². The van der Waals surface area contributed by atoms with Crippen LogP contribution in [0.5, 0.6) is 0 Å². The van der Waals surface area contributed by atoms with Crippen LogP contribution < -0.4 is 5.32 Å². The smallest absolute Gasteiger partial charge is 0.247 e. The highest BCUT2D eigenvalue weighted by molar-refractivity contribution is 9.10. The minimum atomic E-state index is -3.33. The molecule has 0 amide bonds. The van der Waals surface area contributed by atoms with Gasteiger partial charge in [-0.15, -0.1) is 0 Å². The summed E-state index contributed by atoms with van der Waals surface area (Å²) in [7, 11) is -1.78. The molecule has 0 fully saturated rings. The summed E-state index contributed by atoms with van der Waals surface area (Å²) in [4.78, 5) is 0.314. The van der Waals surface area contributed by atoms with Crippen molar-refractivity contribution in [2.75, 3.05) is 19.0 Å². The second-order valence-electron chi connectivity index (χ2n) is 3.05. The monoisotopic (exact) mass is 276 g/mol. The predicted octanol–water partition coefficient (Wildman–Crippen LogP) is 1.45. The Morgan fingerprint density at radius 1 is 1.50 bits per heavy atom. The van der Waals surface area contributed by atoms with Crippen molar-refractivity contribution in [1.82, 2.24) is 4.31 Å². The Kier molecular flexibility index (Phi) is 2.29. The first kappa shape index (κ1) is 9.95. The molecular weight excluding hydrogens is 268 g/mol. The summed E-state index contributed by atoms with van der Waals surface area (Å²) in [5.74, 6) is 0. The molecule has 4 nitrogen and oxygen atoms in total. The van der Waals surface area contributed by atoms with E-state index in [0.29, 0.717) is 21.7 Å². The summed E-state index contributed by atoms with van der Waals surface area (Å²) in [6.45, 7) is 0.311. The van der Waals surface area contributed by atoms with Gasteiger partial charge in [0, 0.05) is 11.5 Å². The number of hydrogen-bond acceptors (Lipinski definition) is 3. The van der Waals surface area contributed by atoms with E-state index in [9.17, 15) is 8.42 Å². The quantitative estimate of drug-likeness (QED) is 0.781. The number of hydrogen-bond donors (Lipinski definition) is 1. The van der Waals surface area contributed by atoms with Crippen LogP contribution in [-0.4, -0.2) is 26.4 Å². The highest BCUT2D eigenvalue weighted by Crippen LogP contribution is 2.33. The number of fused-ring (bicyclic) bond motifs is 1. The predicted molar refractivity (Wildman–Crippen MR) is 57.6 cm³/mol. The first-order chi connectivity index (χ1) is 6.53. The van der Waals surface area contributed by atoms with Crippen LogP contribution >= 0.6 is 15.9 Å². The molecule has 0 spiro atoms. The summed E-state index contributed by atoms with van der Waals surface area (Å²) in [6, 6.07) is 5.28. The Bertz CT molecular complexity index is 472. The molecule has 0 saturated carbocycles. The van der Waals surface area contributed by atoms with Crippen molar-refractivity contribution in [2.24, 2.45) is 0 Å². The Balaban J connectivity index is 2.74. The highest BCUT2D eigenvalue weighted by atomic mass is 79.9. The van der Waals surface area contributed by atoms with Crippen LogP contribution in [0.4, 0.5) is 5.69 Å². The van der Waals surface area contributed by atoms with Crippen molar-refractivity contribution in [2.45, 2.75) is 4.90 Å². The molecule has 1 aliphatic heterocycles. The molecule has 1 N–H and O–H groups in total. The van der Waals surface area contributed by atoms with Crippen molar-refractivity contribution < 1.29 is 8.42 Å². The fourth-order valence-electron chi connectivity index (χ4n) is 1.35. The van der Waals surface area contributed by atoms with Crippen LogP contribution in [0, 0.1) is 0 Å². The van der Waals surface area contributed by atoms with Gasteiger partial charge < -0.3 is 5.32 Å². The molecule has 0 bridgehead atoms. The summed E-state index contributed by atoms with van der Waals surface area (Å²) in [6.07, 6.45) is 0. The summed E-state index contributed by atoms with van der Waals surface area (Å²) >= 11 is 3.24. The van der Waals surface area contributed by atoms with Crippen LogP contribution in [0.2, 0.25) is 0 Å². The Morgan fingerprint density at radius 3 is 2.93 bits per heavy atom. The van der Waals surface area contributed by atoms with Crippen LogP contribution in [0.1, 0.15) is 0 Å². The van der Waals surface area contributed by atoms with Gasteiger partial charge in [-0.25, -0.2) is 8.42 Å². The van der Waals surface area contributed by atoms with Gasteiger partial charge in [-0.3, -0.25) is 0 Å². The third-order valence-electron chi connectivity index (χ3n) is 2.13. The topological polar surface area (TPSA) is 49.4 Å². The summed E-state index contributed by atoms with van der Waals surface area (Å²) in [5.41, 5.74) is 0.650. The number of halogens is 1. The lowest BCUT2D eigenvalue weighted by Gasteiger charge is -2.26. The summed E-state index contributed by atoms with van der Waals surface area (Å²) < 4.78 is 25.6. The first-order valence-electron chi connectivity index (χ1n) is 4.02. The standard InChI is InChI=1S/C8H9BrN2O2S/c1-11-5-10-7-4-2-3-6(9)8(7)14(11,12)13/h2-4,10H,5H2,1H3. The minimum Gasteiger partial charge on any atom is -0.370 e. The van der Waals surface area contributed by atoms with Gasteiger partial charge in [0.2, 0.25) is 10.0 Å². The molecule has 0 unspecified atom stereocenters. The fourth-order valence-corrected chi connectivity index (χ4v) is 3.61. The van der Waals surface area contributed by atoms with Crippen molar-refractivity contribution in [3.63, 3.8) is 0 Å². The number of sulfonamides is 1. The maximum atomic E-state index is 11.9. The average molecular weight is 277 g/mol. The molecule has 14 heavy (non-hydrogen) atoms. The van der Waals surface area contributed by atoms with Gasteiger partial charge in [-0.2, -0.15) is 4.31 Å². The lowest BCUT2D eigenvalue weighted by molar-refractivity contribution is 0.481. The zero-order chi connectivity index (χ0) is 10.3. The molecule has 1 aliphatic rings. The third-order valence-corrected chi connectivity index (χ3v) is 4.96. The molecule has 0 aliphatic carbocycles. The van der Waals surface area contributed by atoms with Gasteiger partial charge in [0.1, 0.15) is 4.90 Å². The molecule has 6 heteroatoms. The number of benzene rings is 1. The zero-order valence-corrected chi connectivity index (χ0v) is 9.89. The Morgan fingerprint density at radius 2 is 2.21 bits per heavy atom. The molecule has 0 aromatic heterocycles. The molecular formula is C8H9BrN2O2S. The molecule has 76 valence electrons. The normalized spacial score (nSPS) is 19.9. The second-order valence-corrected chi connectivity index (χ2v) is 5.89. The van der Waals surface area contributed by atoms with Crippen molar-refractivity contribution in [3.05, 3.63) is 22.7 Å². The van der Waals surface area contributed by atoms with Crippen LogP contribution in [0.15, 0.2) is 27.6 Å². The van der Waals surface area contributed by atoms with Crippen LogP contribution in [-0.2, 0) is 10.0 Å². The molecule has 1 aromatic rings. The van der Waals surface area contributed by atoms with E-state index in [1.54, 1.807) is 25.2 Å². The zero-order valence-electron chi connectivity index (χ0n) is 7.49. The van der Waals surface area contributed by atoms with Gasteiger partial charge in [-0.1, -0.05) is 6.07 Å². The van der Waals surface area contributed by atoms with E-state index in [4.69, 9.17) is 0 Å². The van der Waals surface area contributed by atoms with E-state index in [1.165, 1.54) is 4.31 Å². The third kappa shape index (κ3) is 1.34. The van der Waals surface area contributed by atoms with E-state index < -0.39 is 10.0 Å². The van der Waals surface area contributed by atoms with Gasteiger partial charge in [-0.05, 0) is 28.1 Å². The van der Waals surface area contributed by atoms with E-state index in [1.807, 2.05) is 0 Å². The summed E-state index contributed by atoms with van der Waals surface area (Å²) in [5, 5.41) is 3.03. The van der Waals surface area contributed by atoms with Gasteiger partial charge >= 0.3 is 0 Å². The fraction of sp³-hybridized carbons (Fsp3) is 0.250. The number of rotatable bonds is 0. The molecule has 2 rings (SSSR count). The van der Waals surface area contributed by atoms with Crippen molar-refractivity contribution >= 4 is 31.6 Å². The number of nitrogens with zero attached hydrogens (tertiary/aromatic N) is 1. The largest absolute Gasteiger partial charge is 0.370 e. The van der Waals surface area contributed by atoms with Crippen molar-refractivity contribution in [1.29, 1.82) is 0 Å². The maximum Gasteiger partial charge on any atom is 0.247 e. The minimum absolute atomic E-state index is 0.311. The molecule has 1 aromatic carbocycles. The molecule has 0 atom stereocenters. The van der Waals surface area contributed by atoms with Crippen LogP contribution in [0.25, 0.3) is 0 Å². The molecule has 1 heterocycles. The number of nitrogens with one attached hydrogen (secondary N) is 1. The first-order valence-corrected chi connectivity index (χ1v) is 6.25. The van der Waals surface area contributed by atoms with Crippen LogP contribution in [0.3, 0.4) is 0 Å². The lowest BCUT2D eigenvalue weighted by atomic mass is 10.3. The lowest BCUT2D eigenvalue weighted by Crippen LogP contribution is -2.36. The second kappa shape index (κ2) is 3.22. The van der Waals surface area contributed by atoms with Gasteiger partial charge in [0.05, 0.1) is 12.4 Å². The molecule has 0 saturated heterocycles. The average Bonchev–Trinajstić information content (AvgIpc) is 2.11. The molecule has 0 radical (unpaired) electrons. The van der Waals surface area contributed by atoms with E-state index in [2.05, 4.69) is 21.2 Å². The van der Waals surface area contributed by atoms with Gasteiger partial charge in [0.15, 0.2) is 0 Å². The van der Waals surface area contributed by atoms with E-state index in [-0.39, 0.29) is 0 Å². The number of anilines is 1. The Labute approximate surface area is 91.1 Å². The van der Waals surface area contributed by atoms with Crippen molar-refractivity contribution in [3.8, 4) is 0 Å². The Hall–Kier alpha value is -0.590.